The molecule has 0 atom stereocenters. The highest BCUT2D eigenvalue weighted by atomic mass is 35.5. The molecule has 1 aliphatic heterocycles. The topological polar surface area (TPSA) is 53.9 Å². The third-order valence-corrected chi connectivity index (χ3v) is 3.76. The number of hydrogen-bond donors (Lipinski definition) is 1. The first-order valence-electron chi connectivity index (χ1n) is 6.88. The minimum absolute atomic E-state index is 0.572. The zero-order chi connectivity index (χ0) is 14.7. The average Bonchev–Trinajstić information content (AvgIpc) is 2.47. The van der Waals surface area contributed by atoms with E-state index in [2.05, 4.69) is 25.4 Å². The Bertz CT molecular complexity index is 608. The minimum Gasteiger partial charge on any atom is -0.339 e. The van der Waals surface area contributed by atoms with Gasteiger partial charge in [0.1, 0.15) is 0 Å². The van der Waals surface area contributed by atoms with Gasteiger partial charge in [-0.1, -0.05) is 23.2 Å². The Balaban J connectivity index is 1.79. The summed E-state index contributed by atoms with van der Waals surface area (Å²) in [5, 5.41) is 12.4. The van der Waals surface area contributed by atoms with Crippen LogP contribution >= 0.6 is 23.2 Å². The molecule has 0 saturated carbocycles. The van der Waals surface area contributed by atoms with Crippen molar-refractivity contribution in [1.29, 1.82) is 0 Å². The van der Waals surface area contributed by atoms with Crippen LogP contribution in [0.5, 0.6) is 0 Å². The van der Waals surface area contributed by atoms with Gasteiger partial charge in [0.15, 0.2) is 5.82 Å². The molecule has 7 heteroatoms. The molecule has 0 radical (unpaired) electrons. The van der Waals surface area contributed by atoms with Gasteiger partial charge in [0, 0.05) is 28.8 Å². The van der Waals surface area contributed by atoms with Crippen LogP contribution < -0.4 is 10.2 Å². The predicted octanol–water partition coefficient (Wildman–Crippen LogP) is 3.91. The summed E-state index contributed by atoms with van der Waals surface area (Å²) in [5.74, 6) is 1.29. The van der Waals surface area contributed by atoms with Crippen LogP contribution in [0.2, 0.25) is 10.0 Å². The Kier molecular flexibility index (Phi) is 4.41. The first-order chi connectivity index (χ1) is 10.2. The molecule has 0 bridgehead atoms. The number of nitrogens with one attached hydrogen (secondary N) is 1. The van der Waals surface area contributed by atoms with E-state index in [9.17, 15) is 0 Å². The van der Waals surface area contributed by atoms with Crippen molar-refractivity contribution < 1.29 is 0 Å². The maximum Gasteiger partial charge on any atom is 0.247 e. The van der Waals surface area contributed by atoms with E-state index in [1.165, 1.54) is 19.3 Å². The molecule has 3 rings (SSSR count). The molecule has 21 heavy (non-hydrogen) atoms. The molecule has 1 aromatic carbocycles. The van der Waals surface area contributed by atoms with E-state index < -0.39 is 0 Å². The smallest absolute Gasteiger partial charge is 0.247 e. The summed E-state index contributed by atoms with van der Waals surface area (Å²) in [6.07, 6.45) is 5.20. The fourth-order valence-corrected chi connectivity index (χ4v) is 2.88. The van der Waals surface area contributed by atoms with E-state index in [1.807, 2.05) is 0 Å². The van der Waals surface area contributed by atoms with Gasteiger partial charge in [-0.15, -0.1) is 5.10 Å². The SMILES string of the molecule is Clc1cc(Cl)cc(Nc2cnnc(N3CCCCC3)n2)c1. The molecular formula is C14H15Cl2N5. The Morgan fingerprint density at radius 2 is 1.71 bits per heavy atom. The molecule has 2 aromatic rings. The molecule has 0 unspecified atom stereocenters. The van der Waals surface area contributed by atoms with Crippen LogP contribution in [0.3, 0.4) is 0 Å². The number of anilines is 3. The van der Waals surface area contributed by atoms with E-state index in [1.54, 1.807) is 24.4 Å². The van der Waals surface area contributed by atoms with Crippen molar-refractivity contribution in [2.24, 2.45) is 0 Å². The van der Waals surface area contributed by atoms with Crippen molar-refractivity contribution in [2.75, 3.05) is 23.3 Å². The van der Waals surface area contributed by atoms with Crippen molar-refractivity contribution in [2.45, 2.75) is 19.3 Å². The predicted molar refractivity (Wildman–Crippen MR) is 85.6 cm³/mol. The molecular weight excluding hydrogens is 309 g/mol. The van der Waals surface area contributed by atoms with Gasteiger partial charge < -0.3 is 10.2 Å². The largest absolute Gasteiger partial charge is 0.339 e. The first kappa shape index (κ1) is 14.4. The number of rotatable bonds is 3. The van der Waals surface area contributed by atoms with Crippen LogP contribution in [-0.4, -0.2) is 28.3 Å². The number of benzene rings is 1. The van der Waals surface area contributed by atoms with E-state index in [4.69, 9.17) is 23.2 Å². The quantitative estimate of drug-likeness (QED) is 0.927. The maximum atomic E-state index is 5.99. The molecule has 1 aliphatic rings. The zero-order valence-electron chi connectivity index (χ0n) is 11.4. The highest BCUT2D eigenvalue weighted by Gasteiger charge is 2.14. The summed E-state index contributed by atoms with van der Waals surface area (Å²) >= 11 is 12.0. The van der Waals surface area contributed by atoms with Crippen LogP contribution in [-0.2, 0) is 0 Å². The standard InChI is InChI=1S/C14H15Cl2N5/c15-10-6-11(16)8-12(7-10)18-13-9-17-20-14(19-13)21-4-2-1-3-5-21/h6-9H,1-5H2,(H,18,19,20). The number of nitrogens with zero attached hydrogens (tertiary/aromatic N) is 4. The summed E-state index contributed by atoms with van der Waals surface area (Å²) in [7, 11) is 0. The molecule has 0 aliphatic carbocycles. The van der Waals surface area contributed by atoms with Gasteiger partial charge in [-0.2, -0.15) is 10.1 Å². The second-order valence-electron chi connectivity index (χ2n) is 4.97. The lowest BCUT2D eigenvalue weighted by Gasteiger charge is -2.26. The Morgan fingerprint density at radius 3 is 2.43 bits per heavy atom. The monoisotopic (exact) mass is 323 g/mol. The Hall–Kier alpha value is -1.59. The second-order valence-corrected chi connectivity index (χ2v) is 5.85. The lowest BCUT2D eigenvalue weighted by atomic mass is 10.1. The van der Waals surface area contributed by atoms with Gasteiger partial charge >= 0.3 is 0 Å². The van der Waals surface area contributed by atoms with Gasteiger partial charge in [0.25, 0.3) is 0 Å². The van der Waals surface area contributed by atoms with Crippen molar-refractivity contribution in [1.82, 2.24) is 15.2 Å². The van der Waals surface area contributed by atoms with Gasteiger partial charge in [0.05, 0.1) is 6.20 Å². The molecule has 110 valence electrons. The fourth-order valence-electron chi connectivity index (χ4n) is 2.36. The molecule has 1 aromatic heterocycles. The van der Waals surface area contributed by atoms with E-state index in [-0.39, 0.29) is 0 Å². The van der Waals surface area contributed by atoms with E-state index in [0.717, 1.165) is 18.8 Å². The lowest BCUT2D eigenvalue weighted by Crippen LogP contribution is -2.31. The van der Waals surface area contributed by atoms with Gasteiger partial charge in [0.2, 0.25) is 5.95 Å². The van der Waals surface area contributed by atoms with Crippen molar-refractivity contribution in [3.05, 3.63) is 34.4 Å². The van der Waals surface area contributed by atoms with Crippen LogP contribution in [0.4, 0.5) is 17.5 Å². The fraction of sp³-hybridized carbons (Fsp3) is 0.357. The summed E-state index contributed by atoms with van der Waals surface area (Å²) in [4.78, 5) is 6.67. The van der Waals surface area contributed by atoms with Crippen LogP contribution in [0.25, 0.3) is 0 Å². The molecule has 1 fully saturated rings. The summed E-state index contributed by atoms with van der Waals surface area (Å²) in [6, 6.07) is 5.26. The summed E-state index contributed by atoms with van der Waals surface area (Å²) < 4.78 is 0. The number of piperidine rings is 1. The van der Waals surface area contributed by atoms with E-state index in [0.29, 0.717) is 21.8 Å². The summed E-state index contributed by atoms with van der Waals surface area (Å²) in [6.45, 7) is 1.96. The van der Waals surface area contributed by atoms with Crippen LogP contribution in [0.1, 0.15) is 19.3 Å². The molecule has 1 N–H and O–H groups in total. The number of aromatic nitrogens is 3. The van der Waals surface area contributed by atoms with E-state index >= 15 is 0 Å². The highest BCUT2D eigenvalue weighted by molar-refractivity contribution is 6.35. The van der Waals surface area contributed by atoms with Crippen molar-refractivity contribution in [3.63, 3.8) is 0 Å². The van der Waals surface area contributed by atoms with Gasteiger partial charge in [-0.25, -0.2) is 0 Å². The molecule has 2 heterocycles. The van der Waals surface area contributed by atoms with Gasteiger partial charge in [-0.3, -0.25) is 0 Å². The second kappa shape index (κ2) is 6.45. The summed E-state index contributed by atoms with van der Waals surface area (Å²) in [5.41, 5.74) is 0.776. The lowest BCUT2D eigenvalue weighted by molar-refractivity contribution is 0.565. The minimum atomic E-state index is 0.572. The number of halogens is 2. The average molecular weight is 324 g/mol. The van der Waals surface area contributed by atoms with Crippen molar-refractivity contribution in [3.8, 4) is 0 Å². The Labute approximate surface area is 133 Å². The normalized spacial score (nSPS) is 15.0. The van der Waals surface area contributed by atoms with Crippen LogP contribution in [0, 0.1) is 0 Å². The first-order valence-corrected chi connectivity index (χ1v) is 7.64. The maximum absolute atomic E-state index is 5.99. The Morgan fingerprint density at radius 1 is 1.00 bits per heavy atom. The highest BCUT2D eigenvalue weighted by Crippen LogP contribution is 2.25. The molecule has 5 nitrogen and oxygen atoms in total. The molecule has 0 amide bonds. The number of hydrogen-bond acceptors (Lipinski definition) is 5. The van der Waals surface area contributed by atoms with Gasteiger partial charge in [-0.05, 0) is 37.5 Å². The zero-order valence-corrected chi connectivity index (χ0v) is 12.9. The molecule has 1 saturated heterocycles. The van der Waals surface area contributed by atoms with Crippen molar-refractivity contribution >= 4 is 40.7 Å². The molecule has 0 spiro atoms. The third-order valence-electron chi connectivity index (χ3n) is 3.32. The third kappa shape index (κ3) is 3.74. The van der Waals surface area contributed by atoms with Crippen LogP contribution in [0.15, 0.2) is 24.4 Å².